The Labute approximate surface area is 103 Å². The zero-order chi connectivity index (χ0) is 12.3. The molecule has 0 aliphatic carbocycles. The molecule has 0 fully saturated rings. The molecule has 0 aliphatic heterocycles. The van der Waals surface area contributed by atoms with Gasteiger partial charge in [0.1, 0.15) is 0 Å². The molecule has 0 radical (unpaired) electrons. The summed E-state index contributed by atoms with van der Waals surface area (Å²) in [5.41, 5.74) is 6.63. The Morgan fingerprint density at radius 3 is 2.06 bits per heavy atom. The first kappa shape index (κ1) is 11.7. The largest absolute Gasteiger partial charge is 0.388 e. The molecular weight excluding hydrogens is 206 g/mol. The molecule has 1 heteroatoms. The summed E-state index contributed by atoms with van der Waals surface area (Å²) in [7, 11) is 1.94. The van der Waals surface area contributed by atoms with E-state index in [-0.39, 0.29) is 0 Å². The Kier molecular flexibility index (Phi) is 3.48. The topological polar surface area (TPSA) is 12.0 Å². The molecule has 0 heterocycles. The van der Waals surface area contributed by atoms with E-state index in [4.69, 9.17) is 0 Å². The third kappa shape index (κ3) is 2.88. The SMILES string of the molecule is CNc1ccc(Cc2ccc(C)c(C)c2)cc1. The highest BCUT2D eigenvalue weighted by Crippen LogP contribution is 2.15. The van der Waals surface area contributed by atoms with Gasteiger partial charge in [-0.1, -0.05) is 30.3 Å². The molecule has 0 aromatic heterocycles. The minimum absolute atomic E-state index is 1.01. The summed E-state index contributed by atoms with van der Waals surface area (Å²) in [6.07, 6.45) is 1.01. The van der Waals surface area contributed by atoms with E-state index in [0.29, 0.717) is 0 Å². The van der Waals surface area contributed by atoms with Crippen LogP contribution in [0.5, 0.6) is 0 Å². The first-order valence-electron chi connectivity index (χ1n) is 6.02. The van der Waals surface area contributed by atoms with Crippen molar-refractivity contribution in [2.45, 2.75) is 20.3 Å². The number of anilines is 1. The Balaban J connectivity index is 2.16. The van der Waals surface area contributed by atoms with Crippen LogP contribution in [-0.4, -0.2) is 7.05 Å². The van der Waals surface area contributed by atoms with E-state index in [0.717, 1.165) is 12.1 Å². The number of aryl methyl sites for hydroxylation is 2. The molecule has 0 saturated carbocycles. The number of hydrogen-bond acceptors (Lipinski definition) is 1. The zero-order valence-corrected chi connectivity index (χ0v) is 10.7. The van der Waals surface area contributed by atoms with Crippen molar-refractivity contribution >= 4 is 5.69 Å². The second kappa shape index (κ2) is 5.05. The lowest BCUT2D eigenvalue weighted by Gasteiger charge is -2.06. The van der Waals surface area contributed by atoms with E-state index in [1.165, 1.54) is 22.3 Å². The van der Waals surface area contributed by atoms with Gasteiger partial charge < -0.3 is 5.32 Å². The third-order valence-electron chi connectivity index (χ3n) is 3.22. The highest BCUT2D eigenvalue weighted by Gasteiger charge is 1.99. The predicted octanol–water partition coefficient (Wildman–Crippen LogP) is 3.94. The Morgan fingerprint density at radius 2 is 1.47 bits per heavy atom. The van der Waals surface area contributed by atoms with E-state index in [1.807, 2.05) is 7.05 Å². The van der Waals surface area contributed by atoms with Crippen LogP contribution in [0, 0.1) is 13.8 Å². The minimum atomic E-state index is 1.01. The summed E-state index contributed by atoms with van der Waals surface area (Å²) in [6, 6.07) is 15.3. The maximum Gasteiger partial charge on any atom is 0.0337 e. The van der Waals surface area contributed by atoms with Crippen LogP contribution in [0.2, 0.25) is 0 Å². The average Bonchev–Trinajstić information content (AvgIpc) is 2.35. The predicted molar refractivity (Wildman–Crippen MR) is 74.7 cm³/mol. The lowest BCUT2D eigenvalue weighted by Crippen LogP contribution is -1.92. The molecule has 0 saturated heterocycles. The van der Waals surface area contributed by atoms with Crippen molar-refractivity contribution in [1.29, 1.82) is 0 Å². The molecule has 0 atom stereocenters. The van der Waals surface area contributed by atoms with Gasteiger partial charge in [0.15, 0.2) is 0 Å². The van der Waals surface area contributed by atoms with Crippen LogP contribution in [0.15, 0.2) is 42.5 Å². The van der Waals surface area contributed by atoms with Crippen molar-refractivity contribution in [2.75, 3.05) is 12.4 Å². The quantitative estimate of drug-likeness (QED) is 0.834. The summed E-state index contributed by atoms with van der Waals surface area (Å²) in [6.45, 7) is 4.32. The first-order chi connectivity index (χ1) is 8.19. The van der Waals surface area contributed by atoms with Gasteiger partial charge in [-0.25, -0.2) is 0 Å². The highest BCUT2D eigenvalue weighted by molar-refractivity contribution is 5.45. The zero-order valence-electron chi connectivity index (χ0n) is 10.7. The van der Waals surface area contributed by atoms with Crippen molar-refractivity contribution in [3.8, 4) is 0 Å². The molecule has 2 aromatic rings. The lowest BCUT2D eigenvalue weighted by molar-refractivity contribution is 1.17. The Hall–Kier alpha value is -1.76. The van der Waals surface area contributed by atoms with Crippen LogP contribution in [0.4, 0.5) is 5.69 Å². The molecule has 17 heavy (non-hydrogen) atoms. The lowest BCUT2D eigenvalue weighted by atomic mass is 10.0. The van der Waals surface area contributed by atoms with Gasteiger partial charge in [0.25, 0.3) is 0 Å². The van der Waals surface area contributed by atoms with Crippen LogP contribution in [-0.2, 0) is 6.42 Å². The van der Waals surface area contributed by atoms with Crippen LogP contribution in [0.3, 0.4) is 0 Å². The molecule has 2 aromatic carbocycles. The van der Waals surface area contributed by atoms with Crippen molar-refractivity contribution in [3.05, 3.63) is 64.7 Å². The number of hydrogen-bond donors (Lipinski definition) is 1. The van der Waals surface area contributed by atoms with Gasteiger partial charge in [-0.05, 0) is 54.7 Å². The molecule has 1 N–H and O–H groups in total. The maximum absolute atomic E-state index is 3.13. The van der Waals surface area contributed by atoms with Crippen LogP contribution in [0.25, 0.3) is 0 Å². The smallest absolute Gasteiger partial charge is 0.0337 e. The minimum Gasteiger partial charge on any atom is -0.388 e. The van der Waals surface area contributed by atoms with E-state index in [9.17, 15) is 0 Å². The molecule has 88 valence electrons. The number of benzene rings is 2. The van der Waals surface area contributed by atoms with Gasteiger partial charge in [0.2, 0.25) is 0 Å². The maximum atomic E-state index is 3.13. The van der Waals surface area contributed by atoms with Gasteiger partial charge in [-0.2, -0.15) is 0 Å². The van der Waals surface area contributed by atoms with E-state index in [1.54, 1.807) is 0 Å². The fourth-order valence-electron chi connectivity index (χ4n) is 1.94. The second-order valence-corrected chi connectivity index (χ2v) is 4.54. The van der Waals surface area contributed by atoms with E-state index < -0.39 is 0 Å². The van der Waals surface area contributed by atoms with Crippen LogP contribution < -0.4 is 5.32 Å². The van der Waals surface area contributed by atoms with Crippen molar-refractivity contribution in [2.24, 2.45) is 0 Å². The Morgan fingerprint density at radius 1 is 0.824 bits per heavy atom. The molecule has 0 amide bonds. The van der Waals surface area contributed by atoms with Crippen LogP contribution >= 0.6 is 0 Å². The summed E-state index contributed by atoms with van der Waals surface area (Å²) in [4.78, 5) is 0. The van der Waals surface area contributed by atoms with E-state index >= 15 is 0 Å². The van der Waals surface area contributed by atoms with Gasteiger partial charge in [0.05, 0.1) is 0 Å². The van der Waals surface area contributed by atoms with Crippen molar-refractivity contribution in [3.63, 3.8) is 0 Å². The molecule has 0 bridgehead atoms. The molecule has 0 aliphatic rings. The highest BCUT2D eigenvalue weighted by atomic mass is 14.8. The summed E-state index contributed by atoms with van der Waals surface area (Å²) in [5.74, 6) is 0. The monoisotopic (exact) mass is 225 g/mol. The van der Waals surface area contributed by atoms with Crippen molar-refractivity contribution < 1.29 is 0 Å². The van der Waals surface area contributed by atoms with Gasteiger partial charge in [-0.15, -0.1) is 0 Å². The summed E-state index contributed by atoms with van der Waals surface area (Å²) >= 11 is 0. The first-order valence-corrected chi connectivity index (χ1v) is 6.02. The summed E-state index contributed by atoms with van der Waals surface area (Å²) < 4.78 is 0. The fraction of sp³-hybridized carbons (Fsp3) is 0.250. The van der Waals surface area contributed by atoms with Crippen LogP contribution in [0.1, 0.15) is 22.3 Å². The van der Waals surface area contributed by atoms with Gasteiger partial charge in [-0.3, -0.25) is 0 Å². The molecule has 2 rings (SSSR count). The third-order valence-corrected chi connectivity index (χ3v) is 3.22. The second-order valence-electron chi connectivity index (χ2n) is 4.54. The molecule has 0 spiro atoms. The number of nitrogens with one attached hydrogen (secondary N) is 1. The molecule has 1 nitrogen and oxygen atoms in total. The fourth-order valence-corrected chi connectivity index (χ4v) is 1.94. The normalized spacial score (nSPS) is 10.3. The van der Waals surface area contributed by atoms with E-state index in [2.05, 4.69) is 61.6 Å². The van der Waals surface area contributed by atoms with Gasteiger partial charge in [0, 0.05) is 12.7 Å². The standard InChI is InChI=1S/C16H19N/c1-12-4-5-15(10-13(12)2)11-14-6-8-16(17-3)9-7-14/h4-10,17H,11H2,1-3H3. The molecular formula is C16H19N. The summed E-state index contributed by atoms with van der Waals surface area (Å²) in [5, 5.41) is 3.13. The average molecular weight is 225 g/mol. The Bertz CT molecular complexity index is 497. The molecule has 0 unspecified atom stereocenters. The van der Waals surface area contributed by atoms with Gasteiger partial charge >= 0.3 is 0 Å². The number of rotatable bonds is 3. The van der Waals surface area contributed by atoms with Crippen molar-refractivity contribution in [1.82, 2.24) is 0 Å².